The number of carbonyl (C=O) groups is 1. The Balaban J connectivity index is 3.01. The van der Waals surface area contributed by atoms with E-state index in [1.54, 1.807) is 25.1 Å². The van der Waals surface area contributed by atoms with E-state index in [9.17, 15) is 13.2 Å². The highest BCUT2D eigenvalue weighted by molar-refractivity contribution is 7.91. The lowest BCUT2D eigenvalue weighted by Crippen LogP contribution is -2.22. The molecule has 0 saturated carbocycles. The van der Waals surface area contributed by atoms with Gasteiger partial charge in [-0.2, -0.15) is 0 Å². The van der Waals surface area contributed by atoms with E-state index in [2.05, 4.69) is 0 Å². The minimum atomic E-state index is -3.34. The van der Waals surface area contributed by atoms with Crippen molar-refractivity contribution in [3.63, 3.8) is 0 Å². The number of sulfone groups is 1. The van der Waals surface area contributed by atoms with Gasteiger partial charge in [-0.15, -0.1) is 0 Å². The molecule has 0 atom stereocenters. The van der Waals surface area contributed by atoms with Crippen molar-refractivity contribution in [2.75, 3.05) is 26.4 Å². The normalized spacial score (nSPS) is 11.8. The molecule has 6 heteroatoms. The second-order valence-corrected chi connectivity index (χ2v) is 7.13. The second kappa shape index (κ2) is 6.85. The van der Waals surface area contributed by atoms with E-state index >= 15 is 0 Å². The van der Waals surface area contributed by atoms with Gasteiger partial charge >= 0.3 is 5.97 Å². The minimum absolute atomic E-state index is 0.00202. The van der Waals surface area contributed by atoms with Gasteiger partial charge in [0.15, 0.2) is 9.84 Å². The lowest BCUT2D eigenvalue weighted by Gasteiger charge is -2.13. The molecule has 0 unspecified atom stereocenters. The first-order valence-corrected chi connectivity index (χ1v) is 8.07. The van der Waals surface area contributed by atoms with Crippen molar-refractivity contribution < 1.29 is 18.3 Å². The van der Waals surface area contributed by atoms with Crippen molar-refractivity contribution in [1.29, 1.82) is 0 Å². The van der Waals surface area contributed by atoms with Crippen molar-refractivity contribution in [1.82, 2.24) is 4.90 Å². The largest absolute Gasteiger partial charge is 0.481 e. The first-order chi connectivity index (χ1) is 9.24. The highest BCUT2D eigenvalue weighted by Crippen LogP contribution is 2.21. The predicted octanol–water partition coefficient (Wildman–Crippen LogP) is 1.35. The Morgan fingerprint density at radius 3 is 2.50 bits per heavy atom. The van der Waals surface area contributed by atoms with Crippen molar-refractivity contribution in [2.24, 2.45) is 0 Å². The van der Waals surface area contributed by atoms with Crippen LogP contribution in [-0.2, 0) is 21.1 Å². The molecule has 1 rings (SSSR count). The molecule has 0 saturated heterocycles. The molecule has 5 nitrogen and oxygen atoms in total. The first-order valence-electron chi connectivity index (χ1n) is 6.42. The summed E-state index contributed by atoms with van der Waals surface area (Å²) >= 11 is 0. The number of hydrogen-bond donors (Lipinski definition) is 1. The van der Waals surface area contributed by atoms with E-state index < -0.39 is 15.8 Å². The fourth-order valence-corrected chi connectivity index (χ4v) is 3.63. The van der Waals surface area contributed by atoms with Gasteiger partial charge in [-0.1, -0.05) is 12.1 Å². The fraction of sp³-hybridized carbons (Fsp3) is 0.500. The summed E-state index contributed by atoms with van der Waals surface area (Å²) in [5.74, 6) is -0.825. The first kappa shape index (κ1) is 16.7. The Labute approximate surface area is 120 Å². The molecule has 0 aliphatic carbocycles. The van der Waals surface area contributed by atoms with Crippen LogP contribution in [0.1, 0.15) is 17.5 Å². The van der Waals surface area contributed by atoms with Crippen molar-refractivity contribution in [3.8, 4) is 0 Å². The number of hydrogen-bond acceptors (Lipinski definition) is 4. The average molecular weight is 299 g/mol. The Hall–Kier alpha value is -1.40. The molecule has 0 aromatic heterocycles. The van der Waals surface area contributed by atoms with Crippen LogP contribution in [0.15, 0.2) is 23.1 Å². The number of carboxylic acid groups (broad SMARTS) is 1. The molecule has 0 amide bonds. The lowest BCUT2D eigenvalue weighted by molar-refractivity contribution is -0.136. The molecule has 1 N–H and O–H groups in total. The van der Waals surface area contributed by atoms with Gasteiger partial charge in [-0.05, 0) is 44.6 Å². The Morgan fingerprint density at radius 2 is 1.95 bits per heavy atom. The maximum absolute atomic E-state index is 12.3. The van der Waals surface area contributed by atoms with Gasteiger partial charge in [-0.3, -0.25) is 4.79 Å². The summed E-state index contributed by atoms with van der Waals surface area (Å²) < 4.78 is 24.6. The summed E-state index contributed by atoms with van der Waals surface area (Å²) in [7, 11) is 0.314. The fourth-order valence-electron chi connectivity index (χ4n) is 1.92. The highest BCUT2D eigenvalue weighted by atomic mass is 32.2. The third-order valence-corrected chi connectivity index (χ3v) is 4.98. The van der Waals surface area contributed by atoms with Crippen LogP contribution in [-0.4, -0.2) is 50.8 Å². The molecule has 0 bridgehead atoms. The molecule has 1 aromatic rings. The monoisotopic (exact) mass is 299 g/mol. The summed E-state index contributed by atoms with van der Waals surface area (Å²) in [5, 5.41) is 8.72. The SMILES string of the molecule is Cc1c(CCC(=O)O)cccc1S(=O)(=O)CCN(C)C. The molecule has 0 radical (unpaired) electrons. The van der Waals surface area contributed by atoms with Gasteiger partial charge in [-0.25, -0.2) is 8.42 Å². The number of nitrogens with zero attached hydrogens (tertiary/aromatic N) is 1. The van der Waals surface area contributed by atoms with E-state index in [0.717, 1.165) is 5.56 Å². The summed E-state index contributed by atoms with van der Waals surface area (Å²) in [6.07, 6.45) is 0.347. The van der Waals surface area contributed by atoms with E-state index in [1.165, 1.54) is 0 Å². The lowest BCUT2D eigenvalue weighted by atomic mass is 10.0. The van der Waals surface area contributed by atoms with Crippen molar-refractivity contribution in [3.05, 3.63) is 29.3 Å². The van der Waals surface area contributed by atoms with E-state index in [0.29, 0.717) is 23.4 Å². The van der Waals surface area contributed by atoms with Crippen molar-refractivity contribution in [2.45, 2.75) is 24.7 Å². The maximum atomic E-state index is 12.3. The zero-order valence-corrected chi connectivity index (χ0v) is 12.9. The molecular formula is C14H21NO4S. The van der Waals surface area contributed by atoms with Crippen LogP contribution in [0, 0.1) is 6.92 Å². The molecule has 0 spiro atoms. The number of aryl methyl sites for hydroxylation is 1. The summed E-state index contributed by atoms with van der Waals surface area (Å²) in [6.45, 7) is 2.20. The van der Waals surface area contributed by atoms with Crippen LogP contribution in [0.5, 0.6) is 0 Å². The summed E-state index contributed by atoms with van der Waals surface area (Å²) in [6, 6.07) is 5.04. The Kier molecular flexibility index (Phi) is 5.71. The maximum Gasteiger partial charge on any atom is 0.303 e. The summed E-state index contributed by atoms with van der Waals surface area (Å²) in [4.78, 5) is 12.7. The molecule has 0 fully saturated rings. The van der Waals surface area contributed by atoms with Crippen LogP contribution >= 0.6 is 0 Å². The van der Waals surface area contributed by atoms with Gasteiger partial charge in [0, 0.05) is 13.0 Å². The number of carboxylic acids is 1. The van der Waals surface area contributed by atoms with Gasteiger partial charge in [0.1, 0.15) is 0 Å². The quantitative estimate of drug-likeness (QED) is 0.822. The number of benzene rings is 1. The molecule has 1 aromatic carbocycles. The molecule has 20 heavy (non-hydrogen) atoms. The third-order valence-electron chi connectivity index (χ3n) is 3.15. The zero-order chi connectivity index (χ0) is 15.3. The molecule has 112 valence electrons. The van der Waals surface area contributed by atoms with Gasteiger partial charge < -0.3 is 10.0 Å². The Bertz CT molecular complexity index is 579. The molecular weight excluding hydrogens is 278 g/mol. The van der Waals surface area contributed by atoms with Crippen LogP contribution in [0.25, 0.3) is 0 Å². The van der Waals surface area contributed by atoms with E-state index in [1.807, 2.05) is 19.0 Å². The van der Waals surface area contributed by atoms with Gasteiger partial charge in [0.25, 0.3) is 0 Å². The molecule has 0 heterocycles. The molecule has 0 aliphatic heterocycles. The van der Waals surface area contributed by atoms with E-state index in [4.69, 9.17) is 5.11 Å². The number of aliphatic carboxylic acids is 1. The standard InChI is InChI=1S/C14H21NO4S/c1-11-12(7-8-14(16)17)5-4-6-13(11)20(18,19)10-9-15(2)3/h4-6H,7-10H2,1-3H3,(H,16,17). The molecule has 0 aliphatic rings. The smallest absolute Gasteiger partial charge is 0.303 e. The highest BCUT2D eigenvalue weighted by Gasteiger charge is 2.18. The van der Waals surface area contributed by atoms with E-state index in [-0.39, 0.29) is 12.2 Å². The van der Waals surface area contributed by atoms with Crippen LogP contribution < -0.4 is 0 Å². The van der Waals surface area contributed by atoms with Crippen LogP contribution in [0.2, 0.25) is 0 Å². The Morgan fingerprint density at radius 1 is 1.30 bits per heavy atom. The third kappa shape index (κ3) is 4.61. The van der Waals surface area contributed by atoms with Gasteiger partial charge in [0.05, 0.1) is 10.6 Å². The number of rotatable bonds is 7. The van der Waals surface area contributed by atoms with Crippen LogP contribution in [0.4, 0.5) is 0 Å². The topological polar surface area (TPSA) is 74.7 Å². The minimum Gasteiger partial charge on any atom is -0.481 e. The predicted molar refractivity (Wildman–Crippen MR) is 77.7 cm³/mol. The second-order valence-electron chi connectivity index (χ2n) is 5.06. The van der Waals surface area contributed by atoms with Crippen molar-refractivity contribution >= 4 is 15.8 Å². The van der Waals surface area contributed by atoms with Crippen LogP contribution in [0.3, 0.4) is 0 Å². The zero-order valence-electron chi connectivity index (χ0n) is 12.1. The van der Waals surface area contributed by atoms with Gasteiger partial charge in [0.2, 0.25) is 0 Å². The average Bonchev–Trinajstić information content (AvgIpc) is 2.35. The summed E-state index contributed by atoms with van der Waals surface area (Å²) in [5.41, 5.74) is 1.44.